The monoisotopic (exact) mass is 560 g/mol. The second kappa shape index (κ2) is 10.1. The van der Waals surface area contributed by atoms with E-state index in [9.17, 15) is 27.6 Å². The summed E-state index contributed by atoms with van der Waals surface area (Å²) in [7, 11) is 0. The Morgan fingerprint density at radius 3 is 2.38 bits per heavy atom. The third-order valence-electron chi connectivity index (χ3n) is 4.55. The van der Waals surface area contributed by atoms with Gasteiger partial charge in [-0.1, -0.05) is 11.6 Å². The molecule has 0 saturated carbocycles. The molecule has 7 nitrogen and oxygen atoms in total. The normalized spacial score (nSPS) is 15.6. The zero-order valence-corrected chi connectivity index (χ0v) is 20.1. The van der Waals surface area contributed by atoms with E-state index in [0.717, 1.165) is 6.07 Å². The molecule has 1 saturated heterocycles. The molecule has 2 aromatic carbocycles. The number of carbonyl (C=O) groups is 3. The number of alkyl halides is 3. The van der Waals surface area contributed by atoms with Gasteiger partial charge in [-0.25, -0.2) is 9.69 Å². The zero-order valence-electron chi connectivity index (χ0n) is 17.8. The van der Waals surface area contributed by atoms with Gasteiger partial charge in [-0.2, -0.15) is 13.2 Å². The Hall–Kier alpha value is -3.05. The van der Waals surface area contributed by atoms with Gasteiger partial charge in [0.25, 0.3) is 11.8 Å². The van der Waals surface area contributed by atoms with Crippen LogP contribution in [0.2, 0.25) is 5.02 Å². The molecule has 1 N–H and O–H groups in total. The highest BCUT2D eigenvalue weighted by atomic mass is 79.9. The molecule has 0 aliphatic carbocycles. The van der Waals surface area contributed by atoms with E-state index in [2.05, 4.69) is 15.9 Å². The van der Waals surface area contributed by atoms with Crippen molar-refractivity contribution >= 4 is 57.1 Å². The van der Waals surface area contributed by atoms with E-state index in [4.69, 9.17) is 21.1 Å². The van der Waals surface area contributed by atoms with E-state index in [1.807, 2.05) is 5.32 Å². The quantitative estimate of drug-likeness (QED) is 0.367. The highest BCUT2D eigenvalue weighted by molar-refractivity contribution is 9.10. The van der Waals surface area contributed by atoms with Gasteiger partial charge in [0.1, 0.15) is 5.57 Å². The highest BCUT2D eigenvalue weighted by Gasteiger charge is 2.39. The second-order valence-electron chi connectivity index (χ2n) is 6.82. The predicted octanol–water partition coefficient (Wildman–Crippen LogP) is 5.59. The van der Waals surface area contributed by atoms with Crippen molar-refractivity contribution in [1.82, 2.24) is 5.32 Å². The summed E-state index contributed by atoms with van der Waals surface area (Å²) in [6.45, 7) is 4.21. The number of imide groups is 2. The SMILES string of the molecule is CCOc1cc(/C=C2\C(=O)NC(=O)N(c3cc(C(F)(F)F)ccc3Cl)C2=O)cc(Br)c1OCC. The zero-order chi connectivity index (χ0) is 25.2. The minimum Gasteiger partial charge on any atom is -0.490 e. The summed E-state index contributed by atoms with van der Waals surface area (Å²) in [5.41, 5.74) is -1.79. The number of carbonyl (C=O) groups excluding carboxylic acids is 3. The number of urea groups is 1. The van der Waals surface area contributed by atoms with E-state index in [0.29, 0.717) is 51.8 Å². The van der Waals surface area contributed by atoms with Gasteiger partial charge in [0.2, 0.25) is 0 Å². The topological polar surface area (TPSA) is 84.9 Å². The van der Waals surface area contributed by atoms with Crippen molar-refractivity contribution in [2.75, 3.05) is 18.1 Å². The number of rotatable bonds is 6. The largest absolute Gasteiger partial charge is 0.490 e. The lowest BCUT2D eigenvalue weighted by atomic mass is 10.1. The molecule has 3 rings (SSSR count). The van der Waals surface area contributed by atoms with Crippen LogP contribution >= 0.6 is 27.5 Å². The fraction of sp³-hybridized carbons (Fsp3) is 0.227. The van der Waals surface area contributed by atoms with Crippen LogP contribution in [-0.2, 0) is 15.8 Å². The Labute approximate surface area is 205 Å². The molecular weight excluding hydrogens is 545 g/mol. The van der Waals surface area contributed by atoms with E-state index < -0.39 is 40.8 Å². The molecule has 1 heterocycles. The molecule has 0 spiro atoms. The van der Waals surface area contributed by atoms with Crippen LogP contribution in [0.4, 0.5) is 23.7 Å². The van der Waals surface area contributed by atoms with Crippen LogP contribution in [0.15, 0.2) is 40.4 Å². The van der Waals surface area contributed by atoms with Crippen molar-refractivity contribution < 1.29 is 37.0 Å². The van der Waals surface area contributed by atoms with E-state index in [1.54, 1.807) is 19.9 Å². The molecule has 0 bridgehead atoms. The molecule has 0 radical (unpaired) electrons. The standard InChI is InChI=1S/C22H17BrClF3N2O5/c1-3-33-17-9-11(8-14(23)18(17)34-4-2)7-13-19(30)28-21(32)29(20(13)31)16-10-12(22(25,26)27)5-6-15(16)24/h5-10H,3-4H2,1-2H3,(H,28,30,32)/b13-7+. The number of nitrogens with one attached hydrogen (secondary N) is 1. The Balaban J connectivity index is 2.09. The van der Waals surface area contributed by atoms with Gasteiger partial charge in [0.05, 0.1) is 34.0 Å². The first-order valence-electron chi connectivity index (χ1n) is 9.85. The third kappa shape index (κ3) is 5.20. The summed E-state index contributed by atoms with van der Waals surface area (Å²) in [6.07, 6.45) is -3.56. The smallest absolute Gasteiger partial charge is 0.416 e. The first-order valence-corrected chi connectivity index (χ1v) is 11.0. The molecule has 0 unspecified atom stereocenters. The van der Waals surface area contributed by atoms with E-state index in [1.165, 1.54) is 12.1 Å². The number of halogens is 5. The van der Waals surface area contributed by atoms with Crippen molar-refractivity contribution in [2.45, 2.75) is 20.0 Å². The maximum absolute atomic E-state index is 13.2. The number of hydrogen-bond donors (Lipinski definition) is 1. The molecule has 0 atom stereocenters. The fourth-order valence-electron chi connectivity index (χ4n) is 3.12. The first kappa shape index (κ1) is 25.6. The average molecular weight is 562 g/mol. The van der Waals surface area contributed by atoms with Crippen LogP contribution in [0, 0.1) is 0 Å². The molecule has 0 aromatic heterocycles. The Kier molecular flexibility index (Phi) is 7.57. The molecule has 4 amide bonds. The van der Waals surface area contributed by atoms with Gasteiger partial charge < -0.3 is 9.47 Å². The number of benzene rings is 2. The van der Waals surface area contributed by atoms with Crippen LogP contribution in [-0.4, -0.2) is 31.1 Å². The van der Waals surface area contributed by atoms with Gasteiger partial charge in [0, 0.05) is 0 Å². The molecule has 1 aliphatic heterocycles. The van der Waals surface area contributed by atoms with Crippen LogP contribution in [0.3, 0.4) is 0 Å². The lowest BCUT2D eigenvalue weighted by Crippen LogP contribution is -2.54. The van der Waals surface area contributed by atoms with Crippen LogP contribution in [0.25, 0.3) is 6.08 Å². The maximum Gasteiger partial charge on any atom is 0.416 e. The summed E-state index contributed by atoms with van der Waals surface area (Å²) in [5, 5.41) is 1.67. The average Bonchev–Trinajstić information content (AvgIpc) is 2.74. The lowest BCUT2D eigenvalue weighted by molar-refractivity contribution is -0.137. The van der Waals surface area contributed by atoms with Gasteiger partial charge in [-0.3, -0.25) is 14.9 Å². The fourth-order valence-corrected chi connectivity index (χ4v) is 3.90. The van der Waals surface area contributed by atoms with Crippen molar-refractivity contribution in [3.8, 4) is 11.5 Å². The van der Waals surface area contributed by atoms with Crippen molar-refractivity contribution in [3.05, 3.63) is 56.5 Å². The Morgan fingerprint density at radius 2 is 1.76 bits per heavy atom. The Morgan fingerprint density at radius 1 is 1.09 bits per heavy atom. The molecule has 1 fully saturated rings. The van der Waals surface area contributed by atoms with Gasteiger partial charge in [0.15, 0.2) is 11.5 Å². The number of ether oxygens (including phenoxy) is 2. The molecule has 1 aliphatic rings. The van der Waals surface area contributed by atoms with Crippen molar-refractivity contribution in [2.24, 2.45) is 0 Å². The number of barbiturate groups is 1. The second-order valence-corrected chi connectivity index (χ2v) is 8.08. The predicted molar refractivity (Wildman–Crippen MR) is 122 cm³/mol. The number of amides is 4. The minimum atomic E-state index is -4.74. The summed E-state index contributed by atoms with van der Waals surface area (Å²) in [6, 6.07) is 4.04. The van der Waals surface area contributed by atoms with Gasteiger partial charge in [-0.15, -0.1) is 0 Å². The molecule has 2 aromatic rings. The summed E-state index contributed by atoms with van der Waals surface area (Å²) in [4.78, 5) is 38.3. The van der Waals surface area contributed by atoms with Crippen molar-refractivity contribution in [3.63, 3.8) is 0 Å². The van der Waals surface area contributed by atoms with E-state index >= 15 is 0 Å². The summed E-state index contributed by atoms with van der Waals surface area (Å²) in [5.74, 6) is -1.41. The lowest BCUT2D eigenvalue weighted by Gasteiger charge is -2.27. The molecular formula is C22H17BrClF3N2O5. The summed E-state index contributed by atoms with van der Waals surface area (Å²) < 4.78 is 51.1. The first-order chi connectivity index (χ1) is 16.0. The van der Waals surface area contributed by atoms with Gasteiger partial charge in [-0.05, 0) is 71.7 Å². The van der Waals surface area contributed by atoms with Gasteiger partial charge >= 0.3 is 12.2 Å². The maximum atomic E-state index is 13.2. The third-order valence-corrected chi connectivity index (χ3v) is 5.46. The molecule has 34 heavy (non-hydrogen) atoms. The van der Waals surface area contributed by atoms with Crippen LogP contribution in [0.1, 0.15) is 25.0 Å². The minimum absolute atomic E-state index is 0.285. The van der Waals surface area contributed by atoms with E-state index in [-0.39, 0.29) is 5.02 Å². The Bertz CT molecular complexity index is 1200. The van der Waals surface area contributed by atoms with Crippen molar-refractivity contribution in [1.29, 1.82) is 0 Å². The number of hydrogen-bond acceptors (Lipinski definition) is 5. The highest BCUT2D eigenvalue weighted by Crippen LogP contribution is 2.39. The van der Waals surface area contributed by atoms with Crippen LogP contribution < -0.4 is 19.7 Å². The molecule has 12 heteroatoms. The van der Waals surface area contributed by atoms with Crippen LogP contribution in [0.5, 0.6) is 11.5 Å². The number of nitrogens with zero attached hydrogens (tertiary/aromatic N) is 1. The number of anilines is 1. The molecule has 180 valence electrons. The summed E-state index contributed by atoms with van der Waals surface area (Å²) >= 11 is 9.35.